The molecule has 0 radical (unpaired) electrons. The van der Waals surface area contributed by atoms with Crippen LogP contribution in [-0.4, -0.2) is 150 Å². The molecule has 4 heterocycles. The van der Waals surface area contributed by atoms with Gasteiger partial charge in [-0.25, -0.2) is 4.79 Å². The Morgan fingerprint density at radius 2 is 0.827 bits per heavy atom. The van der Waals surface area contributed by atoms with E-state index in [1.165, 1.54) is 0 Å². The summed E-state index contributed by atoms with van der Waals surface area (Å²) in [6.07, 6.45) is 6.13. The number of fused-ring (bicyclic) bond motifs is 2. The van der Waals surface area contributed by atoms with E-state index in [0.29, 0.717) is 103 Å². The summed E-state index contributed by atoms with van der Waals surface area (Å²) in [5.74, 6) is 6.59. The molecular weight excluding hydrogens is 1260 g/mol. The van der Waals surface area contributed by atoms with Crippen LogP contribution in [0.4, 0.5) is 13.2 Å². The summed E-state index contributed by atoms with van der Waals surface area (Å²) in [7, 11) is 3.42. The smallest absolute Gasteiger partial charge is 0.475 e. The molecule has 98 heavy (non-hydrogen) atoms. The third-order valence-corrected chi connectivity index (χ3v) is 18.9. The minimum Gasteiger partial charge on any atom is -0.475 e. The van der Waals surface area contributed by atoms with Gasteiger partial charge in [0.2, 0.25) is 47.3 Å². The number of carbonyl (C=O) groups is 9. The van der Waals surface area contributed by atoms with Crippen molar-refractivity contribution < 1.29 is 61.4 Å². The molecule has 23 heteroatoms. The summed E-state index contributed by atoms with van der Waals surface area (Å²) < 4.78 is 31.7. The van der Waals surface area contributed by atoms with Gasteiger partial charge in [0.1, 0.15) is 24.2 Å². The summed E-state index contributed by atoms with van der Waals surface area (Å²) in [6.45, 7) is 4.21. The number of nitrogens with zero attached hydrogens (tertiary/aromatic N) is 2. The number of hydrogen-bond donors (Lipinski definition) is 9. The number of benzene rings is 4. The zero-order valence-corrected chi connectivity index (χ0v) is 56.5. The van der Waals surface area contributed by atoms with Crippen LogP contribution in [0.5, 0.6) is 0 Å². The topological polar surface area (TPSA) is 277 Å². The summed E-state index contributed by atoms with van der Waals surface area (Å²) in [4.78, 5) is 124. The number of rotatable bonds is 29. The molecule has 20 nitrogen and oxygen atoms in total. The van der Waals surface area contributed by atoms with Crippen LogP contribution in [0.2, 0.25) is 0 Å². The Balaban J connectivity index is 0.00000183. The number of amides is 8. The lowest BCUT2D eigenvalue weighted by Crippen LogP contribution is -2.59. The highest BCUT2D eigenvalue weighted by molar-refractivity contribution is 5.96. The number of alkyl halides is 3. The number of unbranched alkanes of at least 4 members (excludes halogenated alkanes) is 5. The van der Waals surface area contributed by atoms with E-state index in [0.717, 1.165) is 35.1 Å². The van der Waals surface area contributed by atoms with Crippen molar-refractivity contribution in [1.82, 2.24) is 52.3 Å². The molecule has 0 aromatic heterocycles. The zero-order valence-electron chi connectivity index (χ0n) is 56.5. The van der Waals surface area contributed by atoms with E-state index in [1.54, 1.807) is 23.9 Å². The Bertz CT molecular complexity index is 3330. The average molecular weight is 1350 g/mol. The monoisotopic (exact) mass is 1350 g/mol. The van der Waals surface area contributed by atoms with Gasteiger partial charge >= 0.3 is 12.1 Å². The molecule has 4 aliphatic rings. The van der Waals surface area contributed by atoms with Gasteiger partial charge < -0.3 is 57.4 Å². The normalized spacial score (nSPS) is 20.9. The molecule has 10 atom stereocenters. The maximum Gasteiger partial charge on any atom is 0.490 e. The minimum absolute atomic E-state index is 0.126. The highest BCUT2D eigenvalue weighted by atomic mass is 19.4. The first-order valence-corrected chi connectivity index (χ1v) is 34.5. The first kappa shape index (κ1) is 76.3. The van der Waals surface area contributed by atoms with Crippen LogP contribution in [0.3, 0.4) is 0 Å². The molecule has 0 aliphatic carbocycles. The highest BCUT2D eigenvalue weighted by Gasteiger charge is 2.50. The van der Waals surface area contributed by atoms with Crippen LogP contribution < -0.4 is 42.5 Å². The number of nitrogens with one attached hydrogen (secondary N) is 8. The van der Waals surface area contributed by atoms with E-state index in [4.69, 9.17) is 9.90 Å². The fourth-order valence-corrected chi connectivity index (χ4v) is 13.6. The van der Waals surface area contributed by atoms with Gasteiger partial charge in [-0.05, 0) is 138 Å². The lowest BCUT2D eigenvalue weighted by molar-refractivity contribution is -0.192. The first-order valence-electron chi connectivity index (χ1n) is 34.5. The van der Waals surface area contributed by atoms with Crippen molar-refractivity contribution >= 4 is 53.2 Å². The maximum absolute atomic E-state index is 14.7. The maximum atomic E-state index is 14.7. The average Bonchev–Trinajstić information content (AvgIpc) is 1.62. The molecule has 0 spiro atoms. The quantitative estimate of drug-likeness (QED) is 0.0187. The molecule has 4 saturated heterocycles. The Morgan fingerprint density at radius 3 is 1.15 bits per heavy atom. The van der Waals surface area contributed by atoms with E-state index in [9.17, 15) is 51.5 Å². The van der Waals surface area contributed by atoms with Crippen molar-refractivity contribution in [3.8, 4) is 23.7 Å². The Morgan fingerprint density at radius 1 is 0.500 bits per heavy atom. The van der Waals surface area contributed by atoms with Crippen LogP contribution in [-0.2, 0) is 43.2 Å². The van der Waals surface area contributed by atoms with Gasteiger partial charge in [0, 0.05) is 62.7 Å². The largest absolute Gasteiger partial charge is 0.490 e. The number of carboxylic acids is 1. The second-order valence-electron chi connectivity index (χ2n) is 25.4. The molecule has 0 saturated carbocycles. The number of carboxylic acid groups (broad SMARTS) is 1. The molecular formula is C75H95F3N10O10. The minimum atomic E-state index is -5.08. The number of hydrogen-bond acceptors (Lipinski definition) is 11. The fraction of sp³-hybridized carbons (Fsp3) is 0.507. The number of aliphatic carboxylic acids is 1. The zero-order chi connectivity index (χ0) is 70.6. The molecule has 4 aromatic rings. The van der Waals surface area contributed by atoms with Crippen LogP contribution in [0.1, 0.15) is 170 Å². The van der Waals surface area contributed by atoms with Gasteiger partial charge in [0.15, 0.2) is 0 Å². The van der Waals surface area contributed by atoms with Gasteiger partial charge in [-0.2, -0.15) is 13.2 Å². The molecule has 526 valence electrons. The molecule has 0 bridgehead atoms. The lowest BCUT2D eigenvalue weighted by Gasteiger charge is -2.33. The summed E-state index contributed by atoms with van der Waals surface area (Å²) >= 11 is 0. The molecule has 0 unspecified atom stereocenters. The molecule has 4 aliphatic heterocycles. The van der Waals surface area contributed by atoms with Gasteiger partial charge in [-0.1, -0.05) is 153 Å². The van der Waals surface area contributed by atoms with Gasteiger partial charge in [-0.15, -0.1) is 0 Å². The molecule has 9 N–H and O–H groups in total. The molecule has 4 fully saturated rings. The van der Waals surface area contributed by atoms with Crippen LogP contribution >= 0.6 is 0 Å². The predicted octanol–water partition coefficient (Wildman–Crippen LogP) is 7.69. The highest BCUT2D eigenvalue weighted by Crippen LogP contribution is 2.37. The van der Waals surface area contributed by atoms with E-state index in [-0.39, 0.29) is 90.7 Å². The van der Waals surface area contributed by atoms with E-state index >= 15 is 0 Å². The third kappa shape index (κ3) is 22.0. The first-order chi connectivity index (χ1) is 47.3. The van der Waals surface area contributed by atoms with Crippen LogP contribution in [0, 0.1) is 35.5 Å². The second-order valence-corrected chi connectivity index (χ2v) is 25.4. The third-order valence-electron chi connectivity index (χ3n) is 18.9. The van der Waals surface area contributed by atoms with E-state index in [1.807, 2.05) is 135 Å². The van der Waals surface area contributed by atoms with Crippen molar-refractivity contribution in [1.29, 1.82) is 0 Å². The van der Waals surface area contributed by atoms with Gasteiger partial charge in [0.25, 0.3) is 0 Å². The Hall–Kier alpha value is -9.06. The Labute approximate surface area is 573 Å². The van der Waals surface area contributed by atoms with Crippen LogP contribution in [0.25, 0.3) is 0 Å². The molecule has 8 rings (SSSR count). The number of carbonyl (C=O) groups excluding carboxylic acids is 8. The summed E-state index contributed by atoms with van der Waals surface area (Å²) in [6, 6.07) is 33.6. The van der Waals surface area contributed by atoms with Gasteiger partial charge in [0.05, 0.1) is 24.2 Å². The SMILES string of the molecule is CC[C@H](NC)C(=O)N[C@@H]1C(=O)N2[C@@H](CC[C@@H]1CNC(=O)CCCCC#CC#CCCCCCC(=O)NC[C@H]1CC[C@H]3CC[C@@H](C(=O)NC(c4ccccc4)c4ccccc4)N3C(=O)[C@H]1NC(=O)[C@H](CC)NC)CC[C@H]2C(=O)NC(c1ccccc1)c1ccccc1.O=C(O)C(F)(F)F. The van der Waals surface area contributed by atoms with Crippen molar-refractivity contribution in [2.45, 2.75) is 202 Å². The van der Waals surface area contributed by atoms with Crippen molar-refractivity contribution in [2.24, 2.45) is 11.8 Å². The lowest BCUT2D eigenvalue weighted by atomic mass is 9.92. The number of likely N-dealkylation sites (N-methyl/N-ethyl adjacent to an activating group) is 2. The summed E-state index contributed by atoms with van der Waals surface area (Å²) in [5, 5.41) is 31.9. The standard InChI is InChI=1S/C73H94N10O8.C2HF3O2/c1-5-58(74-3)68(86)80-66-54(40-42-56-44-46-60(82(56)72(66)90)70(88)78-64(50-30-20-16-21-31-50)51-32-22-17-23-33-51)48-76-62(84)38-28-14-12-10-8-7-9-11-13-15-29-39-63(85)77-49-55-41-43-57-45-47-61(83(57)73(91)67(55)81-69(87)59(6-2)75-4)71(89)79-65(52-34-24-18-25-35-52)53-36-26-19-27-37-53;3-2(4,5)1(6)7/h16-27,30-37,54-61,64-67,74-75H,5-6,10,12-15,28-29,38-49H2,1-4H3,(H,76,84)(H,77,85)(H,78,88)(H,79,89)(H,80,86)(H,81,87);(H,6,7)/t54-,55-,56+,57+,58+,59+,60+,61+,66+,67+;/m1./s1. The van der Waals surface area contributed by atoms with E-state index in [2.05, 4.69) is 66.2 Å². The fourth-order valence-electron chi connectivity index (χ4n) is 13.6. The summed E-state index contributed by atoms with van der Waals surface area (Å²) in [5.41, 5.74) is 3.71. The van der Waals surface area contributed by atoms with Crippen molar-refractivity contribution in [2.75, 3.05) is 27.2 Å². The Kier molecular flexibility index (Phi) is 30.2. The predicted molar refractivity (Wildman–Crippen MR) is 365 cm³/mol. The van der Waals surface area contributed by atoms with Gasteiger partial charge in [-0.3, -0.25) is 38.4 Å². The van der Waals surface area contributed by atoms with Crippen LogP contribution in [0.15, 0.2) is 121 Å². The molecule has 4 aromatic carbocycles. The molecule has 8 amide bonds. The number of halogens is 3. The van der Waals surface area contributed by atoms with E-state index < -0.39 is 60.5 Å². The second kappa shape index (κ2) is 38.8. The van der Waals surface area contributed by atoms with Crippen molar-refractivity contribution in [3.05, 3.63) is 144 Å². The van der Waals surface area contributed by atoms with Crippen molar-refractivity contribution in [3.63, 3.8) is 0 Å².